The van der Waals surface area contributed by atoms with Crippen LogP contribution in [0.25, 0.3) is 0 Å². The van der Waals surface area contributed by atoms with Crippen LogP contribution in [0.1, 0.15) is 19.0 Å². The Morgan fingerprint density at radius 3 is 3.00 bits per heavy atom. The number of carboxylic acid groups (broad SMARTS) is 1. The van der Waals surface area contributed by atoms with Gasteiger partial charge in [-0.25, -0.2) is 4.98 Å². The van der Waals surface area contributed by atoms with E-state index in [1.165, 1.54) is 0 Å². The molecule has 1 aliphatic rings. The van der Waals surface area contributed by atoms with Crippen molar-refractivity contribution < 1.29 is 14.7 Å². The van der Waals surface area contributed by atoms with Gasteiger partial charge in [0.2, 0.25) is 5.91 Å². The Morgan fingerprint density at radius 1 is 1.65 bits per heavy atom. The number of carboxylic acids is 1. The maximum Gasteiger partial charge on any atom is 0.308 e. The van der Waals surface area contributed by atoms with Crippen molar-refractivity contribution in [1.29, 1.82) is 0 Å². The molecule has 1 saturated heterocycles. The molecule has 17 heavy (non-hydrogen) atoms. The molecule has 1 amide bonds. The van der Waals surface area contributed by atoms with E-state index in [-0.39, 0.29) is 12.3 Å². The minimum absolute atomic E-state index is 0.0961. The molecule has 2 heterocycles. The summed E-state index contributed by atoms with van der Waals surface area (Å²) in [5.41, 5.74) is 0.937. The number of imidazole rings is 1. The number of amides is 1. The van der Waals surface area contributed by atoms with Gasteiger partial charge < -0.3 is 14.6 Å². The highest BCUT2D eigenvalue weighted by molar-refractivity contribution is 5.86. The first kappa shape index (κ1) is 11.6. The summed E-state index contributed by atoms with van der Waals surface area (Å²) >= 11 is 0. The maximum absolute atomic E-state index is 11.6. The lowest BCUT2D eigenvalue weighted by atomic mass is 10.1. The Labute approximate surface area is 98.9 Å². The summed E-state index contributed by atoms with van der Waals surface area (Å²) in [6.45, 7) is 3.52. The summed E-state index contributed by atoms with van der Waals surface area (Å²) in [6.07, 6.45) is 3.53. The highest BCUT2D eigenvalue weighted by Crippen LogP contribution is 2.20. The van der Waals surface area contributed by atoms with Crippen LogP contribution in [0.5, 0.6) is 0 Å². The van der Waals surface area contributed by atoms with Crippen molar-refractivity contribution in [3.8, 4) is 0 Å². The monoisotopic (exact) mass is 237 g/mol. The molecular weight excluding hydrogens is 222 g/mol. The maximum atomic E-state index is 11.6. The lowest BCUT2D eigenvalue weighted by Crippen LogP contribution is -2.26. The number of carbonyl (C=O) groups excluding carboxylic acids is 1. The third-order valence-electron chi connectivity index (χ3n) is 3.06. The summed E-state index contributed by atoms with van der Waals surface area (Å²) in [4.78, 5) is 28.1. The van der Waals surface area contributed by atoms with Gasteiger partial charge >= 0.3 is 5.97 Å². The molecule has 0 aromatic carbocycles. The van der Waals surface area contributed by atoms with E-state index in [2.05, 4.69) is 4.98 Å². The summed E-state index contributed by atoms with van der Waals surface area (Å²) in [7, 11) is 0. The average Bonchev–Trinajstić information content (AvgIpc) is 2.87. The molecule has 1 N–H and O–H groups in total. The highest BCUT2D eigenvalue weighted by Gasteiger charge is 2.34. The Morgan fingerprint density at radius 2 is 2.41 bits per heavy atom. The van der Waals surface area contributed by atoms with Gasteiger partial charge in [0, 0.05) is 25.7 Å². The van der Waals surface area contributed by atoms with Crippen molar-refractivity contribution in [2.75, 3.05) is 6.54 Å². The van der Waals surface area contributed by atoms with E-state index in [9.17, 15) is 9.59 Å². The average molecular weight is 237 g/mol. The summed E-state index contributed by atoms with van der Waals surface area (Å²) in [6, 6.07) is 0. The fourth-order valence-corrected chi connectivity index (χ4v) is 2.05. The predicted octanol–water partition coefficient (Wildman–Crippen LogP) is 0.336. The number of nitrogens with zero attached hydrogens (tertiary/aromatic N) is 3. The molecule has 1 aliphatic heterocycles. The quantitative estimate of drug-likeness (QED) is 0.819. The van der Waals surface area contributed by atoms with Crippen molar-refractivity contribution >= 4 is 11.9 Å². The Balaban J connectivity index is 2.05. The SMILES string of the molecule is CCn1cncc1CN1CC(C(=O)O)CC1=O. The molecule has 0 aliphatic carbocycles. The second-order valence-corrected chi connectivity index (χ2v) is 4.18. The number of carbonyl (C=O) groups is 2. The molecule has 0 radical (unpaired) electrons. The first-order chi connectivity index (χ1) is 8.11. The fourth-order valence-electron chi connectivity index (χ4n) is 2.05. The van der Waals surface area contributed by atoms with Gasteiger partial charge in [-0.05, 0) is 6.92 Å². The molecule has 0 saturated carbocycles. The van der Waals surface area contributed by atoms with E-state index in [0.29, 0.717) is 13.1 Å². The smallest absolute Gasteiger partial charge is 0.308 e. The standard InChI is InChI=1S/C11H15N3O3/c1-2-13-7-12-4-9(13)6-14-5-8(11(16)17)3-10(14)15/h4,7-8H,2-3,5-6H2,1H3,(H,16,17). The Hall–Kier alpha value is -1.85. The van der Waals surface area contributed by atoms with Crippen LogP contribution in [0.3, 0.4) is 0 Å². The van der Waals surface area contributed by atoms with Gasteiger partial charge in [0.05, 0.1) is 24.5 Å². The van der Waals surface area contributed by atoms with Gasteiger partial charge in [-0.2, -0.15) is 0 Å². The van der Waals surface area contributed by atoms with Crippen molar-refractivity contribution in [1.82, 2.24) is 14.5 Å². The van der Waals surface area contributed by atoms with Crippen LogP contribution in [0.4, 0.5) is 0 Å². The van der Waals surface area contributed by atoms with Crippen molar-refractivity contribution in [2.24, 2.45) is 5.92 Å². The van der Waals surface area contributed by atoms with Gasteiger partial charge in [-0.3, -0.25) is 9.59 Å². The van der Waals surface area contributed by atoms with Crippen LogP contribution in [0, 0.1) is 5.92 Å². The lowest BCUT2D eigenvalue weighted by molar-refractivity contribution is -0.141. The summed E-state index contributed by atoms with van der Waals surface area (Å²) in [5.74, 6) is -1.56. The Kier molecular flexibility index (Phi) is 3.12. The lowest BCUT2D eigenvalue weighted by Gasteiger charge is -2.16. The van der Waals surface area contributed by atoms with Crippen LogP contribution in [0.15, 0.2) is 12.5 Å². The van der Waals surface area contributed by atoms with E-state index in [1.807, 2.05) is 11.5 Å². The fraction of sp³-hybridized carbons (Fsp3) is 0.545. The molecule has 0 spiro atoms. The molecule has 0 bridgehead atoms. The zero-order valence-corrected chi connectivity index (χ0v) is 9.67. The highest BCUT2D eigenvalue weighted by atomic mass is 16.4. The van der Waals surface area contributed by atoms with Crippen molar-refractivity contribution in [3.63, 3.8) is 0 Å². The van der Waals surface area contributed by atoms with E-state index < -0.39 is 11.9 Å². The third kappa shape index (κ3) is 2.30. The minimum Gasteiger partial charge on any atom is -0.481 e. The largest absolute Gasteiger partial charge is 0.481 e. The third-order valence-corrected chi connectivity index (χ3v) is 3.06. The number of hydrogen-bond donors (Lipinski definition) is 1. The topological polar surface area (TPSA) is 75.4 Å². The number of likely N-dealkylation sites (tertiary alicyclic amines) is 1. The van der Waals surface area contributed by atoms with Gasteiger partial charge in [-0.15, -0.1) is 0 Å². The van der Waals surface area contributed by atoms with Gasteiger partial charge in [0.15, 0.2) is 0 Å². The van der Waals surface area contributed by atoms with Crippen LogP contribution in [-0.4, -0.2) is 38.0 Å². The van der Waals surface area contributed by atoms with Gasteiger partial charge in [-0.1, -0.05) is 0 Å². The zero-order chi connectivity index (χ0) is 12.4. The number of aliphatic carboxylic acids is 1. The van der Waals surface area contributed by atoms with Crippen LogP contribution < -0.4 is 0 Å². The Bertz CT molecular complexity index is 441. The molecule has 1 aromatic heterocycles. The zero-order valence-electron chi connectivity index (χ0n) is 9.67. The minimum atomic E-state index is -0.898. The molecule has 1 unspecified atom stereocenters. The van der Waals surface area contributed by atoms with Crippen LogP contribution in [0.2, 0.25) is 0 Å². The first-order valence-corrected chi connectivity index (χ1v) is 5.61. The van der Waals surface area contributed by atoms with Crippen molar-refractivity contribution in [3.05, 3.63) is 18.2 Å². The molecule has 1 aromatic rings. The molecular formula is C11H15N3O3. The molecule has 92 valence electrons. The number of aryl methyl sites for hydroxylation is 1. The molecule has 2 rings (SSSR count). The molecule has 6 nitrogen and oxygen atoms in total. The van der Waals surface area contributed by atoms with Gasteiger partial charge in [0.1, 0.15) is 0 Å². The van der Waals surface area contributed by atoms with E-state index in [0.717, 1.165) is 12.2 Å². The summed E-state index contributed by atoms with van der Waals surface area (Å²) in [5, 5.41) is 8.88. The van der Waals surface area contributed by atoms with E-state index >= 15 is 0 Å². The first-order valence-electron chi connectivity index (χ1n) is 5.61. The number of hydrogen-bond acceptors (Lipinski definition) is 3. The number of rotatable bonds is 4. The van der Waals surface area contributed by atoms with Crippen LogP contribution in [-0.2, 0) is 22.7 Å². The van der Waals surface area contributed by atoms with Gasteiger partial charge in [0.25, 0.3) is 0 Å². The predicted molar refractivity (Wildman–Crippen MR) is 59.1 cm³/mol. The second kappa shape index (κ2) is 4.57. The molecule has 1 atom stereocenters. The van der Waals surface area contributed by atoms with Crippen LogP contribution >= 0.6 is 0 Å². The second-order valence-electron chi connectivity index (χ2n) is 4.18. The summed E-state index contributed by atoms with van der Waals surface area (Å²) < 4.78 is 1.95. The molecule has 6 heteroatoms. The van der Waals surface area contributed by atoms with Crippen molar-refractivity contribution in [2.45, 2.75) is 26.4 Å². The van der Waals surface area contributed by atoms with E-state index in [1.54, 1.807) is 17.4 Å². The normalized spacial score (nSPS) is 19.9. The molecule has 1 fully saturated rings. The number of aromatic nitrogens is 2. The van der Waals surface area contributed by atoms with E-state index in [4.69, 9.17) is 5.11 Å².